The lowest BCUT2D eigenvalue weighted by Gasteiger charge is -2.20. The second-order valence-electron chi connectivity index (χ2n) is 4.76. The van der Waals surface area contributed by atoms with Crippen molar-refractivity contribution in [2.45, 2.75) is 37.9 Å². The van der Waals surface area contributed by atoms with E-state index in [2.05, 4.69) is 20.9 Å². The maximum atomic E-state index is 12.6. The van der Waals surface area contributed by atoms with Gasteiger partial charge in [-0.2, -0.15) is 13.2 Å². The lowest BCUT2D eigenvalue weighted by molar-refractivity contribution is -0.141. The number of hydrogen-bond acceptors (Lipinski definition) is 1. The third kappa shape index (κ3) is 3.28. The molecule has 20 heavy (non-hydrogen) atoms. The van der Waals surface area contributed by atoms with Crippen LogP contribution in [0.25, 0.3) is 11.0 Å². The monoisotopic (exact) mass is 368 g/mol. The van der Waals surface area contributed by atoms with Gasteiger partial charge >= 0.3 is 6.18 Å². The molecule has 0 amide bonds. The van der Waals surface area contributed by atoms with Gasteiger partial charge < -0.3 is 4.57 Å². The number of imidazole rings is 1. The van der Waals surface area contributed by atoms with Crippen LogP contribution in [0, 0.1) is 0 Å². The fourth-order valence-corrected chi connectivity index (χ4v) is 2.76. The molecule has 0 N–H and O–H groups in total. The zero-order chi connectivity index (χ0) is 15.1. The van der Waals surface area contributed by atoms with Gasteiger partial charge in [0.2, 0.25) is 0 Å². The average Bonchev–Trinajstić information content (AvgIpc) is 2.64. The third-order valence-corrected chi connectivity index (χ3v) is 3.69. The summed E-state index contributed by atoms with van der Waals surface area (Å²) >= 11 is 9.39. The molecular formula is C13H13BrClF3N2. The molecule has 0 fully saturated rings. The van der Waals surface area contributed by atoms with Crippen molar-refractivity contribution >= 4 is 38.6 Å². The molecule has 0 aliphatic heterocycles. The summed E-state index contributed by atoms with van der Waals surface area (Å²) < 4.78 is 40.3. The van der Waals surface area contributed by atoms with Crippen molar-refractivity contribution < 1.29 is 13.2 Å². The predicted octanol–water partition coefficient (Wildman–Crippen LogP) is 5.61. The maximum absolute atomic E-state index is 12.6. The average molecular weight is 370 g/mol. The van der Waals surface area contributed by atoms with Crippen molar-refractivity contribution in [3.05, 3.63) is 28.5 Å². The first kappa shape index (κ1) is 15.6. The van der Waals surface area contributed by atoms with Crippen LogP contribution in [0.5, 0.6) is 0 Å². The van der Waals surface area contributed by atoms with Crippen molar-refractivity contribution in [1.29, 1.82) is 0 Å². The SMILES string of the molecule is CC(Cl)c1nc2cc(Br)ccc2n1C(C)CC(F)(F)F. The molecule has 0 saturated heterocycles. The molecule has 1 aromatic heterocycles. The number of rotatable bonds is 3. The van der Waals surface area contributed by atoms with Crippen LogP contribution in [0.15, 0.2) is 22.7 Å². The number of hydrogen-bond donors (Lipinski definition) is 0. The highest BCUT2D eigenvalue weighted by atomic mass is 79.9. The molecule has 1 aromatic carbocycles. The van der Waals surface area contributed by atoms with Crippen molar-refractivity contribution in [2.75, 3.05) is 0 Å². The number of benzene rings is 1. The first-order valence-electron chi connectivity index (χ1n) is 6.07. The number of aromatic nitrogens is 2. The highest BCUT2D eigenvalue weighted by Crippen LogP contribution is 2.34. The largest absolute Gasteiger partial charge is 0.391 e. The Morgan fingerprint density at radius 2 is 2.00 bits per heavy atom. The zero-order valence-electron chi connectivity index (χ0n) is 10.9. The summed E-state index contributed by atoms with van der Waals surface area (Å²) in [5.74, 6) is 0.455. The second kappa shape index (κ2) is 5.56. The highest BCUT2D eigenvalue weighted by molar-refractivity contribution is 9.10. The first-order chi connectivity index (χ1) is 9.19. The molecule has 0 saturated carbocycles. The van der Waals surface area contributed by atoms with Gasteiger partial charge in [0.1, 0.15) is 5.82 Å². The Balaban J connectivity index is 2.57. The molecule has 0 bridgehead atoms. The topological polar surface area (TPSA) is 17.8 Å². The molecule has 2 rings (SSSR count). The van der Waals surface area contributed by atoms with Crippen LogP contribution < -0.4 is 0 Å². The van der Waals surface area contributed by atoms with Crippen molar-refractivity contribution in [1.82, 2.24) is 9.55 Å². The van der Waals surface area contributed by atoms with Crippen LogP contribution in [0.3, 0.4) is 0 Å². The Morgan fingerprint density at radius 1 is 1.35 bits per heavy atom. The maximum Gasteiger partial charge on any atom is 0.391 e. The van der Waals surface area contributed by atoms with E-state index in [9.17, 15) is 13.2 Å². The molecule has 7 heteroatoms. The summed E-state index contributed by atoms with van der Waals surface area (Å²) in [6, 6.07) is 4.55. The number of nitrogens with zero attached hydrogens (tertiary/aromatic N) is 2. The highest BCUT2D eigenvalue weighted by Gasteiger charge is 2.32. The fraction of sp³-hybridized carbons (Fsp3) is 0.462. The van der Waals surface area contributed by atoms with Crippen molar-refractivity contribution in [3.8, 4) is 0 Å². The quantitative estimate of drug-likeness (QED) is 0.643. The van der Waals surface area contributed by atoms with Crippen LogP contribution in [-0.4, -0.2) is 15.7 Å². The van der Waals surface area contributed by atoms with Crippen molar-refractivity contribution in [3.63, 3.8) is 0 Å². The lowest BCUT2D eigenvalue weighted by atomic mass is 10.2. The van der Waals surface area contributed by atoms with E-state index in [1.54, 1.807) is 29.7 Å². The third-order valence-electron chi connectivity index (χ3n) is 3.00. The minimum absolute atomic E-state index is 0.455. The minimum atomic E-state index is -4.22. The summed E-state index contributed by atoms with van der Waals surface area (Å²) in [4.78, 5) is 4.36. The van der Waals surface area contributed by atoms with Gasteiger partial charge in [-0.3, -0.25) is 0 Å². The van der Waals surface area contributed by atoms with Gasteiger partial charge in [-0.15, -0.1) is 11.6 Å². The smallest absolute Gasteiger partial charge is 0.324 e. The summed E-state index contributed by atoms with van der Waals surface area (Å²) in [7, 11) is 0. The second-order valence-corrected chi connectivity index (χ2v) is 6.33. The van der Waals surface area contributed by atoms with Gasteiger partial charge in [0.15, 0.2) is 0 Å². The predicted molar refractivity (Wildman–Crippen MR) is 77.1 cm³/mol. The summed E-state index contributed by atoms with van der Waals surface area (Å²) in [5, 5.41) is -0.461. The van der Waals surface area contributed by atoms with Gasteiger partial charge in [-0.25, -0.2) is 4.98 Å². The first-order valence-corrected chi connectivity index (χ1v) is 7.30. The van der Waals surface area contributed by atoms with Gasteiger partial charge in [-0.1, -0.05) is 15.9 Å². The Morgan fingerprint density at radius 3 is 2.55 bits per heavy atom. The van der Waals surface area contributed by atoms with E-state index < -0.39 is 24.0 Å². The Labute approximate surface area is 128 Å². The van der Waals surface area contributed by atoms with Crippen LogP contribution in [0.1, 0.15) is 37.5 Å². The molecule has 0 aliphatic carbocycles. The molecule has 0 aliphatic rings. The Bertz CT molecular complexity index is 622. The molecule has 2 nitrogen and oxygen atoms in total. The summed E-state index contributed by atoms with van der Waals surface area (Å²) in [6.07, 6.45) is -5.14. The van der Waals surface area contributed by atoms with Gasteiger partial charge in [-0.05, 0) is 32.0 Å². The molecule has 2 aromatic rings. The van der Waals surface area contributed by atoms with E-state index in [1.165, 1.54) is 6.92 Å². The van der Waals surface area contributed by atoms with E-state index in [0.717, 1.165) is 4.47 Å². The Hall–Kier alpha value is -0.750. The van der Waals surface area contributed by atoms with Crippen LogP contribution in [-0.2, 0) is 0 Å². The Kier molecular flexibility index (Phi) is 4.35. The summed E-state index contributed by atoms with van der Waals surface area (Å²) in [6.45, 7) is 3.23. The number of alkyl halides is 4. The fourth-order valence-electron chi connectivity index (χ4n) is 2.26. The number of fused-ring (bicyclic) bond motifs is 1. The van der Waals surface area contributed by atoms with Crippen molar-refractivity contribution in [2.24, 2.45) is 0 Å². The van der Waals surface area contributed by atoms with Crippen LogP contribution in [0.2, 0.25) is 0 Å². The molecular weight excluding hydrogens is 357 g/mol. The molecule has 2 atom stereocenters. The van der Waals surface area contributed by atoms with Gasteiger partial charge in [0.05, 0.1) is 22.8 Å². The molecule has 110 valence electrons. The summed E-state index contributed by atoms with van der Waals surface area (Å²) in [5.41, 5.74) is 1.29. The van der Waals surface area contributed by atoms with Gasteiger partial charge in [0, 0.05) is 10.5 Å². The van der Waals surface area contributed by atoms with E-state index in [4.69, 9.17) is 11.6 Å². The minimum Gasteiger partial charge on any atom is -0.324 e. The molecule has 2 unspecified atom stereocenters. The molecule has 1 heterocycles. The van der Waals surface area contributed by atoms with E-state index in [1.807, 2.05) is 0 Å². The number of halogens is 5. The van der Waals surface area contributed by atoms with Crippen LogP contribution >= 0.6 is 27.5 Å². The van der Waals surface area contributed by atoms with E-state index in [0.29, 0.717) is 16.9 Å². The van der Waals surface area contributed by atoms with Gasteiger partial charge in [0.25, 0.3) is 0 Å². The normalized spacial score (nSPS) is 15.6. The lowest BCUT2D eigenvalue weighted by Crippen LogP contribution is -2.18. The molecule has 0 radical (unpaired) electrons. The van der Waals surface area contributed by atoms with E-state index >= 15 is 0 Å². The zero-order valence-corrected chi connectivity index (χ0v) is 13.2. The van der Waals surface area contributed by atoms with E-state index in [-0.39, 0.29) is 0 Å². The van der Waals surface area contributed by atoms with Crippen LogP contribution in [0.4, 0.5) is 13.2 Å². The standard InChI is InChI=1S/C13H13BrClF3N2/c1-7(6-13(16,17)18)20-11-4-3-9(14)5-10(11)19-12(20)8(2)15/h3-5,7-8H,6H2,1-2H3. The molecule has 0 spiro atoms.